The van der Waals surface area contributed by atoms with Gasteiger partial charge in [-0.05, 0) is 25.0 Å². The van der Waals surface area contributed by atoms with Crippen molar-refractivity contribution in [3.05, 3.63) is 38.8 Å². The molecule has 0 spiro atoms. The lowest BCUT2D eigenvalue weighted by molar-refractivity contribution is -0.121. The second-order valence-corrected chi connectivity index (χ2v) is 7.49. The van der Waals surface area contributed by atoms with Crippen molar-refractivity contribution in [1.82, 2.24) is 4.98 Å². The van der Waals surface area contributed by atoms with E-state index in [4.69, 9.17) is 25.8 Å². The van der Waals surface area contributed by atoms with E-state index < -0.39 is 12.2 Å². The first-order chi connectivity index (χ1) is 13.3. The Morgan fingerprint density at radius 1 is 1.25 bits per heavy atom. The normalized spacial score (nSPS) is 11.1. The van der Waals surface area contributed by atoms with E-state index in [-0.39, 0.29) is 34.6 Å². The highest BCUT2D eigenvalue weighted by atomic mass is 35.5. The summed E-state index contributed by atoms with van der Waals surface area (Å²) in [5.41, 5.74) is 1.29. The molecule has 0 bridgehead atoms. The molecular formula is C19H23ClN2O5S. The molecule has 0 saturated carbocycles. The zero-order valence-corrected chi connectivity index (χ0v) is 17.9. The van der Waals surface area contributed by atoms with Crippen LogP contribution in [0, 0.1) is 0 Å². The third-order valence-electron chi connectivity index (χ3n) is 3.93. The topological polar surface area (TPSA) is 86.8 Å². The number of ether oxygens (including phenoxy) is 3. The molecule has 1 heterocycles. The van der Waals surface area contributed by atoms with Crippen LogP contribution in [0.3, 0.4) is 0 Å². The molecule has 0 atom stereocenters. The number of methoxy groups -OCH3 is 2. The number of carbonyl (C=O) groups is 2. The van der Waals surface area contributed by atoms with Gasteiger partial charge in [0.2, 0.25) is 0 Å². The Bertz CT molecular complexity index is 849. The van der Waals surface area contributed by atoms with Gasteiger partial charge in [0.1, 0.15) is 17.4 Å². The zero-order chi connectivity index (χ0) is 20.8. The molecule has 28 heavy (non-hydrogen) atoms. The second-order valence-electron chi connectivity index (χ2n) is 6.25. The fourth-order valence-electron chi connectivity index (χ4n) is 2.30. The van der Waals surface area contributed by atoms with Gasteiger partial charge >= 0.3 is 0 Å². The van der Waals surface area contributed by atoms with E-state index in [1.807, 2.05) is 19.2 Å². The number of nitrogens with zero attached hydrogens (tertiary/aromatic N) is 1. The van der Waals surface area contributed by atoms with Gasteiger partial charge in [-0.2, -0.15) is 0 Å². The zero-order valence-electron chi connectivity index (χ0n) is 16.4. The predicted molar refractivity (Wildman–Crippen MR) is 109 cm³/mol. The first kappa shape index (κ1) is 22.3. The first-order valence-corrected chi connectivity index (χ1v) is 9.82. The summed E-state index contributed by atoms with van der Waals surface area (Å²) in [5, 5.41) is 4.94. The van der Waals surface area contributed by atoms with Gasteiger partial charge < -0.3 is 19.5 Å². The lowest BCUT2D eigenvalue weighted by Crippen LogP contribution is -2.22. The van der Waals surface area contributed by atoms with E-state index in [9.17, 15) is 9.59 Å². The summed E-state index contributed by atoms with van der Waals surface area (Å²) >= 11 is 7.66. The molecule has 152 valence electrons. The summed E-state index contributed by atoms with van der Waals surface area (Å²) in [6.45, 7) is 5.48. The van der Waals surface area contributed by atoms with Gasteiger partial charge in [0.25, 0.3) is 5.91 Å². The number of amides is 1. The fourth-order valence-corrected chi connectivity index (χ4v) is 3.44. The van der Waals surface area contributed by atoms with Crippen molar-refractivity contribution >= 4 is 40.3 Å². The van der Waals surface area contributed by atoms with Gasteiger partial charge in [-0.3, -0.25) is 9.59 Å². The van der Waals surface area contributed by atoms with Gasteiger partial charge in [-0.15, -0.1) is 11.3 Å². The molecule has 1 aromatic carbocycles. The highest BCUT2D eigenvalue weighted by molar-refractivity contribution is 7.11. The van der Waals surface area contributed by atoms with Crippen LogP contribution < -0.4 is 10.1 Å². The Kier molecular flexibility index (Phi) is 7.94. The summed E-state index contributed by atoms with van der Waals surface area (Å²) in [6, 6.07) is 3.12. The number of anilines is 1. The van der Waals surface area contributed by atoms with Crippen molar-refractivity contribution in [1.29, 1.82) is 0 Å². The maximum absolute atomic E-state index is 12.6. The molecule has 0 saturated heterocycles. The lowest BCUT2D eigenvalue weighted by atomic mass is 10.1. The molecule has 2 aromatic rings. The Hall–Kier alpha value is -2.00. The number of benzene rings is 1. The molecule has 2 rings (SSSR count). The van der Waals surface area contributed by atoms with Crippen LogP contribution in [0.25, 0.3) is 0 Å². The third-order valence-corrected chi connectivity index (χ3v) is 5.17. The summed E-state index contributed by atoms with van der Waals surface area (Å²) < 4.78 is 15.8. The monoisotopic (exact) mass is 426 g/mol. The van der Waals surface area contributed by atoms with Crippen LogP contribution in [-0.4, -0.2) is 43.8 Å². The van der Waals surface area contributed by atoms with Crippen LogP contribution in [0.4, 0.5) is 5.69 Å². The average Bonchev–Trinajstić information content (AvgIpc) is 3.15. The summed E-state index contributed by atoms with van der Waals surface area (Å²) in [5.74, 6) is -0.175. The standard InChI is InChI=1S/C19H23ClN2O5S/c1-10(2)13-9-28-19(21-13)18(24)22-17-12(11(3)23)6-7-14(16(17)20)27-8-15(25-4)26-5/h6-7,9-10,15H,8H2,1-5H3,(H,22,24). The molecule has 0 aliphatic heterocycles. The highest BCUT2D eigenvalue weighted by Crippen LogP contribution is 2.36. The molecular weight excluding hydrogens is 404 g/mol. The number of carbonyl (C=O) groups excluding carboxylic acids is 2. The minimum absolute atomic E-state index is 0.0871. The number of Topliss-reactive ketones (excluding diaryl/α,β-unsaturated/α-hetero) is 1. The molecule has 1 amide bonds. The van der Waals surface area contributed by atoms with Crippen LogP contribution in [0.15, 0.2) is 17.5 Å². The molecule has 0 fully saturated rings. The third kappa shape index (κ3) is 5.29. The summed E-state index contributed by atoms with van der Waals surface area (Å²) in [4.78, 5) is 29.0. The van der Waals surface area contributed by atoms with Crippen LogP contribution in [0.2, 0.25) is 5.02 Å². The molecule has 9 heteroatoms. The molecule has 7 nitrogen and oxygen atoms in total. The number of rotatable bonds is 9. The summed E-state index contributed by atoms with van der Waals surface area (Å²) in [6.07, 6.45) is -0.577. The van der Waals surface area contributed by atoms with E-state index in [1.165, 1.54) is 32.5 Å². The molecule has 0 aliphatic carbocycles. The van der Waals surface area contributed by atoms with Crippen molar-refractivity contribution in [2.45, 2.75) is 33.0 Å². The first-order valence-electron chi connectivity index (χ1n) is 8.57. The molecule has 0 radical (unpaired) electrons. The van der Waals surface area contributed by atoms with E-state index in [0.29, 0.717) is 10.8 Å². The quantitative estimate of drug-likeness (QED) is 0.473. The van der Waals surface area contributed by atoms with Gasteiger partial charge in [-0.1, -0.05) is 25.4 Å². The Balaban J connectivity index is 2.30. The summed E-state index contributed by atoms with van der Waals surface area (Å²) in [7, 11) is 2.98. The van der Waals surface area contributed by atoms with Crippen LogP contribution in [0.5, 0.6) is 5.75 Å². The van der Waals surface area contributed by atoms with Crippen LogP contribution in [0.1, 0.15) is 52.5 Å². The van der Waals surface area contributed by atoms with Crippen molar-refractivity contribution in [3.63, 3.8) is 0 Å². The molecule has 1 aromatic heterocycles. The van der Waals surface area contributed by atoms with Crippen LogP contribution in [-0.2, 0) is 9.47 Å². The predicted octanol–water partition coefficient (Wildman–Crippen LogP) is 4.37. The molecule has 0 aliphatic rings. The number of hydrogen-bond donors (Lipinski definition) is 1. The van der Waals surface area contributed by atoms with Crippen molar-refractivity contribution < 1.29 is 23.8 Å². The fraction of sp³-hybridized carbons (Fsp3) is 0.421. The maximum atomic E-state index is 12.6. The van der Waals surface area contributed by atoms with E-state index in [0.717, 1.165) is 5.69 Å². The number of halogens is 1. The number of nitrogens with one attached hydrogen (secondary N) is 1. The van der Waals surface area contributed by atoms with Gasteiger partial charge in [0.05, 0.1) is 11.4 Å². The smallest absolute Gasteiger partial charge is 0.284 e. The maximum Gasteiger partial charge on any atom is 0.284 e. The van der Waals surface area contributed by atoms with E-state index in [2.05, 4.69) is 10.3 Å². The Labute approximate surface area is 173 Å². The van der Waals surface area contributed by atoms with Gasteiger partial charge in [0.15, 0.2) is 17.1 Å². The second kappa shape index (κ2) is 9.97. The van der Waals surface area contributed by atoms with Crippen molar-refractivity contribution in [2.24, 2.45) is 0 Å². The molecule has 0 unspecified atom stereocenters. The number of ketones is 1. The SMILES string of the molecule is COC(COc1ccc(C(C)=O)c(NC(=O)c2nc(C(C)C)cs2)c1Cl)OC. The lowest BCUT2D eigenvalue weighted by Gasteiger charge is -2.17. The van der Waals surface area contributed by atoms with E-state index >= 15 is 0 Å². The number of hydrogen-bond acceptors (Lipinski definition) is 7. The van der Waals surface area contributed by atoms with E-state index in [1.54, 1.807) is 12.1 Å². The average molecular weight is 427 g/mol. The van der Waals surface area contributed by atoms with Gasteiger partial charge in [-0.25, -0.2) is 4.98 Å². The minimum atomic E-state index is -0.577. The van der Waals surface area contributed by atoms with Gasteiger partial charge in [0, 0.05) is 25.2 Å². The highest BCUT2D eigenvalue weighted by Gasteiger charge is 2.21. The van der Waals surface area contributed by atoms with Crippen molar-refractivity contribution in [3.8, 4) is 5.75 Å². The molecule has 1 N–H and O–H groups in total. The largest absolute Gasteiger partial charge is 0.487 e. The van der Waals surface area contributed by atoms with Crippen molar-refractivity contribution in [2.75, 3.05) is 26.1 Å². The minimum Gasteiger partial charge on any atom is -0.487 e. The Morgan fingerprint density at radius 2 is 1.93 bits per heavy atom. The number of aromatic nitrogens is 1. The van der Waals surface area contributed by atoms with Crippen LogP contribution >= 0.6 is 22.9 Å². The Morgan fingerprint density at radius 3 is 2.46 bits per heavy atom. The number of thiazole rings is 1.